The molecular formula is C24H32ClN2O2+. The lowest BCUT2D eigenvalue weighted by molar-refractivity contribution is -0.467. The number of halogens is 1. The molecule has 1 fully saturated rings. The average molecular weight is 416 g/mol. The second kappa shape index (κ2) is 10.1. The third-order valence-electron chi connectivity index (χ3n) is 5.68. The van der Waals surface area contributed by atoms with E-state index in [1.807, 2.05) is 0 Å². The van der Waals surface area contributed by atoms with Crippen molar-refractivity contribution in [2.75, 3.05) is 19.6 Å². The van der Waals surface area contributed by atoms with Crippen molar-refractivity contribution in [3.05, 3.63) is 64.2 Å². The van der Waals surface area contributed by atoms with Crippen molar-refractivity contribution in [1.82, 2.24) is 4.90 Å². The summed E-state index contributed by atoms with van der Waals surface area (Å²) < 4.78 is 0. The van der Waals surface area contributed by atoms with Crippen molar-refractivity contribution < 1.29 is 15.2 Å². The van der Waals surface area contributed by atoms with Gasteiger partial charge < -0.3 is 10.2 Å². The molecule has 3 N–H and O–H groups in total. The van der Waals surface area contributed by atoms with Crippen LogP contribution in [0.15, 0.2) is 42.5 Å². The first-order valence-corrected chi connectivity index (χ1v) is 10.9. The number of phenols is 1. The molecule has 0 unspecified atom stereocenters. The minimum Gasteiger partial charge on any atom is -0.507 e. The van der Waals surface area contributed by atoms with Gasteiger partial charge in [0.2, 0.25) is 0 Å². The molecule has 0 atom stereocenters. The summed E-state index contributed by atoms with van der Waals surface area (Å²) in [7, 11) is 0. The Bertz CT molecular complexity index is 828. The zero-order valence-electron chi connectivity index (χ0n) is 17.4. The maximum Gasteiger partial charge on any atom is 0.369 e. The topological polar surface area (TPSA) is 57.7 Å². The van der Waals surface area contributed by atoms with Crippen LogP contribution in [0.4, 0.5) is 0 Å². The van der Waals surface area contributed by atoms with Crippen LogP contribution < -0.4 is 4.99 Å². The van der Waals surface area contributed by atoms with E-state index in [0.29, 0.717) is 35.5 Å². The van der Waals surface area contributed by atoms with E-state index in [0.717, 1.165) is 37.9 Å². The van der Waals surface area contributed by atoms with Gasteiger partial charge in [0.25, 0.3) is 0 Å². The van der Waals surface area contributed by atoms with E-state index in [-0.39, 0.29) is 11.6 Å². The highest BCUT2D eigenvalue weighted by atomic mass is 35.5. The third kappa shape index (κ3) is 5.97. The largest absolute Gasteiger partial charge is 0.507 e. The molecule has 5 heteroatoms. The van der Waals surface area contributed by atoms with Crippen LogP contribution in [0.3, 0.4) is 0 Å². The highest BCUT2D eigenvalue weighted by molar-refractivity contribution is 6.31. The third-order valence-corrected chi connectivity index (χ3v) is 5.89. The SMILES string of the molecule is CC(C)CC[NH+]=C(O)c1cc(Cl)cc(CN2CCC(c3ccccc3)CC2)c1O. The monoisotopic (exact) mass is 415 g/mol. The van der Waals surface area contributed by atoms with Crippen LogP contribution in [-0.4, -0.2) is 40.6 Å². The molecule has 0 aliphatic carbocycles. The van der Waals surface area contributed by atoms with Crippen LogP contribution >= 0.6 is 11.6 Å². The standard InChI is InChI=1S/C24H31ClN2O2/c1-17(2)8-11-26-24(29)22-15-21(25)14-20(23(22)28)16-27-12-9-19(10-13-27)18-6-4-3-5-7-18/h3-7,14-15,17,19,28H,8-13,16H2,1-2H3,(H,26,29)/p+1. The smallest absolute Gasteiger partial charge is 0.369 e. The Labute approximate surface area is 178 Å². The predicted molar refractivity (Wildman–Crippen MR) is 119 cm³/mol. The Hall–Kier alpha value is -2.04. The molecule has 3 rings (SSSR count). The molecule has 1 aliphatic heterocycles. The Balaban J connectivity index is 1.66. The lowest BCUT2D eigenvalue weighted by Crippen LogP contribution is -2.73. The molecule has 0 radical (unpaired) electrons. The van der Waals surface area contributed by atoms with Crippen LogP contribution in [0.25, 0.3) is 0 Å². The van der Waals surface area contributed by atoms with E-state index in [2.05, 4.69) is 54.1 Å². The molecule has 1 heterocycles. The normalized spacial score (nSPS) is 16.5. The van der Waals surface area contributed by atoms with E-state index in [1.165, 1.54) is 5.56 Å². The number of aromatic hydroxyl groups is 1. The summed E-state index contributed by atoms with van der Waals surface area (Å²) in [6.07, 6.45) is 3.15. The zero-order chi connectivity index (χ0) is 20.8. The van der Waals surface area contributed by atoms with E-state index in [9.17, 15) is 10.2 Å². The number of aliphatic hydroxyl groups is 1. The van der Waals surface area contributed by atoms with Crippen molar-refractivity contribution in [3.8, 4) is 5.75 Å². The van der Waals surface area contributed by atoms with E-state index >= 15 is 0 Å². The van der Waals surface area contributed by atoms with Gasteiger partial charge in [0.15, 0.2) is 0 Å². The van der Waals surface area contributed by atoms with E-state index < -0.39 is 0 Å². The van der Waals surface area contributed by atoms with Gasteiger partial charge in [0, 0.05) is 23.6 Å². The van der Waals surface area contributed by atoms with Gasteiger partial charge in [-0.1, -0.05) is 55.8 Å². The molecule has 0 saturated carbocycles. The van der Waals surface area contributed by atoms with Gasteiger partial charge in [-0.25, -0.2) is 4.99 Å². The molecule has 1 aliphatic rings. The van der Waals surface area contributed by atoms with Crippen molar-refractivity contribution >= 4 is 17.5 Å². The minimum atomic E-state index is -0.0188. The highest BCUT2D eigenvalue weighted by Crippen LogP contribution is 2.31. The summed E-state index contributed by atoms with van der Waals surface area (Å²) in [4.78, 5) is 5.34. The molecule has 0 spiro atoms. The summed E-state index contributed by atoms with van der Waals surface area (Å²) >= 11 is 6.29. The number of phenolic OH excluding ortho intramolecular Hbond substituents is 1. The maximum atomic E-state index is 10.7. The van der Waals surface area contributed by atoms with Crippen molar-refractivity contribution in [1.29, 1.82) is 0 Å². The molecule has 1 saturated heterocycles. The molecule has 29 heavy (non-hydrogen) atoms. The number of piperidine rings is 1. The average Bonchev–Trinajstić information content (AvgIpc) is 2.71. The second-order valence-corrected chi connectivity index (χ2v) is 8.82. The highest BCUT2D eigenvalue weighted by Gasteiger charge is 2.23. The fraction of sp³-hybridized carbons (Fsp3) is 0.458. The second-order valence-electron chi connectivity index (χ2n) is 8.38. The van der Waals surface area contributed by atoms with Crippen molar-refractivity contribution in [2.24, 2.45) is 5.92 Å². The number of rotatable bonds is 7. The fourth-order valence-corrected chi connectivity index (χ4v) is 4.16. The van der Waals surface area contributed by atoms with Crippen LogP contribution in [0.2, 0.25) is 5.02 Å². The number of benzene rings is 2. The summed E-state index contributed by atoms with van der Waals surface area (Å²) in [5.41, 5.74) is 2.53. The van der Waals surface area contributed by atoms with Gasteiger partial charge in [0.05, 0.1) is 0 Å². The van der Waals surface area contributed by atoms with Gasteiger partial charge in [-0.05, 0) is 55.5 Å². The van der Waals surface area contributed by atoms with Crippen LogP contribution in [0, 0.1) is 5.92 Å². The Kier molecular flexibility index (Phi) is 7.57. The number of hydrogen-bond acceptors (Lipinski definition) is 2. The van der Waals surface area contributed by atoms with Crippen molar-refractivity contribution in [3.63, 3.8) is 0 Å². The van der Waals surface area contributed by atoms with Gasteiger partial charge in [-0.15, -0.1) is 0 Å². The first-order chi connectivity index (χ1) is 13.9. The molecule has 0 bridgehead atoms. The predicted octanol–water partition coefficient (Wildman–Crippen LogP) is 3.86. The van der Waals surface area contributed by atoms with Crippen LogP contribution in [0.1, 0.15) is 55.7 Å². The molecule has 156 valence electrons. The zero-order valence-corrected chi connectivity index (χ0v) is 18.1. The number of likely N-dealkylation sites (tertiary alicyclic amines) is 1. The summed E-state index contributed by atoms with van der Waals surface area (Å²) in [5.74, 6) is 1.22. The lowest BCUT2D eigenvalue weighted by atomic mass is 9.89. The molecule has 2 aromatic rings. The Morgan fingerprint density at radius 2 is 1.86 bits per heavy atom. The first kappa shape index (κ1) is 21.7. The molecular weight excluding hydrogens is 384 g/mol. The van der Waals surface area contributed by atoms with Crippen LogP contribution in [0.5, 0.6) is 5.75 Å². The number of nitrogens with one attached hydrogen (secondary N) is 1. The van der Waals surface area contributed by atoms with E-state index in [1.54, 1.807) is 12.1 Å². The van der Waals surface area contributed by atoms with Gasteiger partial charge >= 0.3 is 5.90 Å². The van der Waals surface area contributed by atoms with Gasteiger partial charge in [-0.3, -0.25) is 4.90 Å². The molecule has 0 amide bonds. The Morgan fingerprint density at radius 3 is 2.52 bits per heavy atom. The quantitative estimate of drug-likeness (QED) is 0.475. The summed E-state index contributed by atoms with van der Waals surface area (Å²) in [5, 5.41) is 21.7. The first-order valence-electron chi connectivity index (χ1n) is 10.5. The fourth-order valence-electron chi connectivity index (χ4n) is 3.92. The van der Waals surface area contributed by atoms with Gasteiger partial charge in [-0.2, -0.15) is 0 Å². The summed E-state index contributed by atoms with van der Waals surface area (Å²) in [6, 6.07) is 14.1. The summed E-state index contributed by atoms with van der Waals surface area (Å²) in [6.45, 7) is 7.49. The molecule has 0 aromatic heterocycles. The van der Waals surface area contributed by atoms with Crippen molar-refractivity contribution in [2.45, 2.75) is 45.6 Å². The maximum absolute atomic E-state index is 10.7. The molecule has 2 aromatic carbocycles. The van der Waals surface area contributed by atoms with Gasteiger partial charge in [0.1, 0.15) is 17.9 Å². The Morgan fingerprint density at radius 1 is 1.17 bits per heavy atom. The van der Waals surface area contributed by atoms with Crippen LogP contribution in [-0.2, 0) is 6.54 Å². The lowest BCUT2D eigenvalue weighted by Gasteiger charge is -2.32. The number of hydrogen-bond donors (Lipinski definition) is 3. The molecule has 4 nitrogen and oxygen atoms in total. The number of nitrogens with zero attached hydrogens (tertiary/aromatic N) is 1. The number of aliphatic hydroxyl groups excluding tert-OH is 1. The minimum absolute atomic E-state index is 0.0188. The van der Waals surface area contributed by atoms with E-state index in [4.69, 9.17) is 11.6 Å².